The molecular formula is C16H25F3N2O2. The summed E-state index contributed by atoms with van der Waals surface area (Å²) in [5.74, 6) is -1.05. The number of hydrogen-bond acceptors (Lipinski definition) is 2. The first kappa shape index (κ1) is 18.1. The fourth-order valence-corrected chi connectivity index (χ4v) is 3.03. The molecule has 23 heavy (non-hydrogen) atoms. The van der Waals surface area contributed by atoms with Crippen molar-refractivity contribution in [2.24, 2.45) is 17.3 Å². The van der Waals surface area contributed by atoms with E-state index in [1.165, 1.54) is 20.8 Å². The Labute approximate surface area is 134 Å². The largest absolute Gasteiger partial charge is 0.409 e. The molecule has 1 heterocycles. The predicted octanol–water partition coefficient (Wildman–Crippen LogP) is 2.73. The summed E-state index contributed by atoms with van der Waals surface area (Å²) in [6.45, 7) is 5.19. The fourth-order valence-electron chi connectivity index (χ4n) is 3.03. The smallest absolute Gasteiger partial charge is 0.344 e. The topological polar surface area (TPSA) is 49.4 Å². The minimum atomic E-state index is -4.49. The van der Waals surface area contributed by atoms with E-state index in [1.807, 2.05) is 0 Å². The van der Waals surface area contributed by atoms with Crippen LogP contribution in [0.15, 0.2) is 0 Å². The van der Waals surface area contributed by atoms with E-state index in [2.05, 4.69) is 5.32 Å². The van der Waals surface area contributed by atoms with E-state index in [9.17, 15) is 22.8 Å². The molecule has 0 bridgehead atoms. The van der Waals surface area contributed by atoms with Crippen molar-refractivity contribution in [3.05, 3.63) is 0 Å². The van der Waals surface area contributed by atoms with Crippen molar-refractivity contribution < 1.29 is 22.8 Å². The molecule has 132 valence electrons. The third-order valence-corrected chi connectivity index (χ3v) is 4.51. The van der Waals surface area contributed by atoms with Gasteiger partial charge in [0.05, 0.1) is 5.92 Å². The van der Waals surface area contributed by atoms with Gasteiger partial charge in [0.15, 0.2) is 0 Å². The van der Waals surface area contributed by atoms with Gasteiger partial charge < -0.3 is 10.2 Å². The van der Waals surface area contributed by atoms with Gasteiger partial charge in [-0.15, -0.1) is 0 Å². The Morgan fingerprint density at radius 3 is 2.17 bits per heavy atom. The van der Waals surface area contributed by atoms with Crippen molar-refractivity contribution in [3.8, 4) is 0 Å². The van der Waals surface area contributed by atoms with Gasteiger partial charge in [-0.25, -0.2) is 0 Å². The van der Waals surface area contributed by atoms with Crippen LogP contribution in [0.2, 0.25) is 0 Å². The number of carbonyl (C=O) groups is 2. The summed E-state index contributed by atoms with van der Waals surface area (Å²) in [6.07, 6.45) is -1.55. The Morgan fingerprint density at radius 1 is 1.09 bits per heavy atom. The predicted molar refractivity (Wildman–Crippen MR) is 79.5 cm³/mol. The van der Waals surface area contributed by atoms with Crippen LogP contribution in [0, 0.1) is 17.3 Å². The van der Waals surface area contributed by atoms with Gasteiger partial charge in [0, 0.05) is 19.0 Å². The quantitative estimate of drug-likeness (QED) is 0.863. The molecule has 2 fully saturated rings. The van der Waals surface area contributed by atoms with Gasteiger partial charge in [-0.05, 0) is 31.1 Å². The summed E-state index contributed by atoms with van der Waals surface area (Å²) >= 11 is 0. The number of carbonyl (C=O) groups excluding carboxylic acids is 2. The van der Waals surface area contributed by atoms with Gasteiger partial charge in [-0.2, -0.15) is 13.2 Å². The number of hydrogen-bond donors (Lipinski definition) is 1. The molecule has 0 aromatic heterocycles. The molecule has 7 heteroatoms. The molecule has 2 aliphatic rings. The first-order chi connectivity index (χ1) is 10.5. The van der Waals surface area contributed by atoms with E-state index in [4.69, 9.17) is 0 Å². The molecular weight excluding hydrogens is 309 g/mol. The van der Waals surface area contributed by atoms with Crippen LogP contribution in [0.1, 0.15) is 46.5 Å². The molecule has 1 aliphatic carbocycles. The van der Waals surface area contributed by atoms with Gasteiger partial charge >= 0.3 is 6.18 Å². The van der Waals surface area contributed by atoms with Crippen LogP contribution in [0.5, 0.6) is 0 Å². The number of likely N-dealkylation sites (tertiary alicyclic amines) is 1. The molecule has 2 amide bonds. The number of nitrogens with one attached hydrogen (secondary N) is 1. The summed E-state index contributed by atoms with van der Waals surface area (Å²) in [5, 5.41) is 2.17. The van der Waals surface area contributed by atoms with Crippen molar-refractivity contribution in [1.29, 1.82) is 0 Å². The third-order valence-electron chi connectivity index (χ3n) is 4.51. The van der Waals surface area contributed by atoms with E-state index >= 15 is 0 Å². The summed E-state index contributed by atoms with van der Waals surface area (Å²) in [5.41, 5.74) is -1.12. The van der Waals surface area contributed by atoms with Gasteiger partial charge in [0.25, 0.3) is 0 Å². The highest BCUT2D eigenvalue weighted by molar-refractivity contribution is 5.83. The summed E-state index contributed by atoms with van der Waals surface area (Å²) in [4.78, 5) is 26.0. The Bertz CT molecular complexity index is 453. The Morgan fingerprint density at radius 2 is 1.70 bits per heavy atom. The zero-order valence-corrected chi connectivity index (χ0v) is 13.9. The molecule has 1 aliphatic heterocycles. The average Bonchev–Trinajstić information content (AvgIpc) is 3.25. The maximum atomic E-state index is 13.2. The van der Waals surface area contributed by atoms with Gasteiger partial charge in [0.2, 0.25) is 11.8 Å². The number of halogens is 3. The lowest BCUT2D eigenvalue weighted by atomic mass is 9.85. The monoisotopic (exact) mass is 334 g/mol. The second-order valence-electron chi connectivity index (χ2n) is 7.75. The van der Waals surface area contributed by atoms with Crippen molar-refractivity contribution in [3.63, 3.8) is 0 Å². The molecule has 1 N–H and O–H groups in total. The maximum Gasteiger partial charge on any atom is 0.409 e. The van der Waals surface area contributed by atoms with Crippen molar-refractivity contribution in [2.75, 3.05) is 13.1 Å². The molecule has 2 atom stereocenters. The summed E-state index contributed by atoms with van der Waals surface area (Å²) in [7, 11) is 0. The number of piperidine rings is 1. The first-order valence-electron chi connectivity index (χ1n) is 8.16. The van der Waals surface area contributed by atoms with Crippen LogP contribution < -0.4 is 5.32 Å². The number of rotatable bonds is 3. The number of amides is 2. The van der Waals surface area contributed by atoms with E-state index < -0.39 is 29.5 Å². The molecule has 1 saturated carbocycles. The normalized spacial score (nSPS) is 24.3. The minimum Gasteiger partial charge on any atom is -0.344 e. The van der Waals surface area contributed by atoms with E-state index in [0.717, 1.165) is 12.8 Å². The minimum absolute atomic E-state index is 0.0469. The van der Waals surface area contributed by atoms with E-state index in [1.54, 1.807) is 4.90 Å². The highest BCUT2D eigenvalue weighted by Gasteiger charge is 2.48. The van der Waals surface area contributed by atoms with Gasteiger partial charge in [0.1, 0.15) is 6.04 Å². The zero-order valence-electron chi connectivity index (χ0n) is 13.9. The summed E-state index contributed by atoms with van der Waals surface area (Å²) < 4.78 is 39.5. The van der Waals surface area contributed by atoms with Crippen LogP contribution in [0.4, 0.5) is 13.2 Å². The Kier molecular flexibility index (Phi) is 4.97. The van der Waals surface area contributed by atoms with Crippen LogP contribution >= 0.6 is 0 Å². The second kappa shape index (κ2) is 6.32. The molecule has 2 rings (SSSR count). The highest BCUT2D eigenvalue weighted by atomic mass is 19.4. The van der Waals surface area contributed by atoms with Crippen molar-refractivity contribution >= 4 is 11.8 Å². The summed E-state index contributed by atoms with van der Waals surface area (Å²) in [6, 6.07) is -1.89. The van der Waals surface area contributed by atoms with Gasteiger partial charge in [-0.3, -0.25) is 9.59 Å². The molecule has 0 spiro atoms. The Balaban J connectivity index is 1.99. The molecule has 0 radical (unpaired) electrons. The standard InChI is InChI=1S/C16H25F3N2O2/c1-15(2,3)14(16(17,18)19)20-12(22)11-5-4-8-21(9-11)13(23)10-6-7-10/h10-11,14H,4-9H2,1-3H3,(H,20,22)/t11-,14-/m1/s1. The Hall–Kier alpha value is -1.27. The highest BCUT2D eigenvalue weighted by Crippen LogP contribution is 2.35. The molecule has 1 saturated heterocycles. The average molecular weight is 334 g/mol. The molecule has 4 nitrogen and oxygen atoms in total. The number of alkyl halides is 3. The lowest BCUT2D eigenvalue weighted by Crippen LogP contribution is -2.56. The van der Waals surface area contributed by atoms with Crippen LogP contribution in [-0.2, 0) is 9.59 Å². The van der Waals surface area contributed by atoms with Crippen molar-refractivity contribution in [2.45, 2.75) is 58.7 Å². The van der Waals surface area contributed by atoms with Crippen molar-refractivity contribution in [1.82, 2.24) is 10.2 Å². The zero-order chi connectivity index (χ0) is 17.4. The second-order valence-corrected chi connectivity index (χ2v) is 7.75. The van der Waals surface area contributed by atoms with Crippen LogP contribution in [-0.4, -0.2) is 42.0 Å². The van der Waals surface area contributed by atoms with Gasteiger partial charge in [-0.1, -0.05) is 20.8 Å². The maximum absolute atomic E-state index is 13.2. The number of nitrogens with zero attached hydrogens (tertiary/aromatic N) is 1. The van der Waals surface area contributed by atoms with E-state index in [-0.39, 0.29) is 18.4 Å². The van der Waals surface area contributed by atoms with E-state index in [0.29, 0.717) is 19.4 Å². The lowest BCUT2D eigenvalue weighted by Gasteiger charge is -2.36. The SMILES string of the molecule is CC(C)(C)[C@@H](NC(=O)[C@@H]1CCCN(C(=O)C2CC2)C1)C(F)(F)F. The fraction of sp³-hybridized carbons (Fsp3) is 0.875. The molecule has 0 aromatic rings. The van der Waals surface area contributed by atoms with Crippen LogP contribution in [0.25, 0.3) is 0 Å². The lowest BCUT2D eigenvalue weighted by molar-refractivity contribution is -0.182. The first-order valence-corrected chi connectivity index (χ1v) is 8.16. The third kappa shape index (κ3) is 4.61. The molecule has 0 unspecified atom stereocenters. The van der Waals surface area contributed by atoms with Crippen LogP contribution in [0.3, 0.4) is 0 Å². The molecule has 0 aromatic carbocycles.